The number of aryl methyl sites for hydroxylation is 2. The minimum absolute atomic E-state index is 0.0746. The molecule has 138 valence electrons. The molecule has 1 saturated heterocycles. The molecular formula is C17H20F3NO3S. The maximum atomic E-state index is 13.1. The Balaban J connectivity index is 1.91. The lowest BCUT2D eigenvalue weighted by atomic mass is 9.86. The van der Waals surface area contributed by atoms with Crippen molar-refractivity contribution in [1.82, 2.24) is 4.90 Å². The van der Waals surface area contributed by atoms with Crippen molar-refractivity contribution in [3.8, 4) is 0 Å². The van der Waals surface area contributed by atoms with Crippen molar-refractivity contribution in [2.45, 2.75) is 37.8 Å². The molecule has 8 heteroatoms. The fourth-order valence-electron chi connectivity index (χ4n) is 2.77. The predicted molar refractivity (Wildman–Crippen MR) is 88.6 cm³/mol. The number of thioether (sulfide) groups is 1. The average molecular weight is 375 g/mol. The first-order chi connectivity index (χ1) is 11.6. The molecule has 25 heavy (non-hydrogen) atoms. The van der Waals surface area contributed by atoms with E-state index in [1.54, 1.807) is 0 Å². The van der Waals surface area contributed by atoms with E-state index in [0.29, 0.717) is 5.75 Å². The average Bonchev–Trinajstić information content (AvgIpc) is 2.97. The monoisotopic (exact) mass is 375 g/mol. The largest absolute Gasteiger partial charge is 0.481 e. The van der Waals surface area contributed by atoms with Crippen LogP contribution in [-0.4, -0.2) is 46.9 Å². The summed E-state index contributed by atoms with van der Waals surface area (Å²) in [5, 5.41) is 9.01. The van der Waals surface area contributed by atoms with Crippen LogP contribution in [0.2, 0.25) is 0 Å². The van der Waals surface area contributed by atoms with Gasteiger partial charge in [0, 0.05) is 30.2 Å². The zero-order chi connectivity index (χ0) is 18.8. The van der Waals surface area contributed by atoms with Gasteiger partial charge in [-0.05, 0) is 43.5 Å². The number of amides is 1. The number of benzene rings is 1. The summed E-state index contributed by atoms with van der Waals surface area (Å²) in [7, 11) is 0. The Hall–Kier alpha value is -1.70. The molecule has 1 aliphatic rings. The van der Waals surface area contributed by atoms with E-state index in [2.05, 4.69) is 0 Å². The van der Waals surface area contributed by atoms with Crippen LogP contribution in [0.5, 0.6) is 0 Å². The molecule has 1 heterocycles. The van der Waals surface area contributed by atoms with Gasteiger partial charge >= 0.3 is 12.1 Å². The number of likely N-dealkylation sites (tertiary alicyclic amines) is 1. The molecule has 1 fully saturated rings. The van der Waals surface area contributed by atoms with E-state index in [4.69, 9.17) is 5.11 Å². The number of carbonyl (C=O) groups is 2. The number of aliphatic carboxylic acids is 1. The molecule has 4 nitrogen and oxygen atoms in total. The molecule has 1 unspecified atom stereocenters. The fraction of sp³-hybridized carbons (Fsp3) is 0.529. The molecular weight excluding hydrogens is 355 g/mol. The topological polar surface area (TPSA) is 57.6 Å². The van der Waals surface area contributed by atoms with E-state index in [1.165, 1.54) is 11.8 Å². The van der Waals surface area contributed by atoms with Crippen LogP contribution < -0.4 is 0 Å². The molecule has 1 aromatic rings. The third-order valence-electron chi connectivity index (χ3n) is 4.64. The van der Waals surface area contributed by atoms with E-state index < -0.39 is 36.4 Å². The number of carbonyl (C=O) groups excluding carboxylic acids is 1. The van der Waals surface area contributed by atoms with Crippen LogP contribution in [0.3, 0.4) is 0 Å². The number of alkyl halides is 3. The Bertz CT molecular complexity index is 678. The molecule has 2 rings (SSSR count). The Kier molecular flexibility index (Phi) is 5.71. The molecule has 1 atom stereocenters. The first kappa shape index (κ1) is 19.6. The van der Waals surface area contributed by atoms with Gasteiger partial charge in [0.1, 0.15) is 0 Å². The summed E-state index contributed by atoms with van der Waals surface area (Å²) in [6, 6.07) is 5.91. The second-order valence-corrected chi connectivity index (χ2v) is 7.46. The van der Waals surface area contributed by atoms with Gasteiger partial charge in [0.15, 0.2) is 5.41 Å². The molecule has 0 aromatic heterocycles. The first-order valence-electron chi connectivity index (χ1n) is 7.85. The summed E-state index contributed by atoms with van der Waals surface area (Å²) in [6.07, 6.45) is -5.39. The minimum atomic E-state index is -4.87. The van der Waals surface area contributed by atoms with E-state index >= 15 is 0 Å². The Labute approximate surface area is 148 Å². The standard InChI is InChI=1S/C17H20F3NO3S/c1-11-3-4-13(9-12(11)2)25-8-5-14(22)21-7-6-16(10-21,15(23)24)17(18,19)20/h3-4,9H,5-8,10H2,1-2H3,(H,23,24). The summed E-state index contributed by atoms with van der Waals surface area (Å²) in [4.78, 5) is 25.3. The SMILES string of the molecule is Cc1ccc(SCCC(=O)N2CCC(C(=O)O)(C(F)(F)F)C2)cc1C. The maximum Gasteiger partial charge on any atom is 0.406 e. The molecule has 0 radical (unpaired) electrons. The lowest BCUT2D eigenvalue weighted by Gasteiger charge is -2.27. The van der Waals surface area contributed by atoms with Crippen molar-refractivity contribution in [3.63, 3.8) is 0 Å². The third-order valence-corrected chi connectivity index (χ3v) is 5.63. The molecule has 1 aliphatic heterocycles. The van der Waals surface area contributed by atoms with Crippen molar-refractivity contribution < 1.29 is 27.9 Å². The van der Waals surface area contributed by atoms with Crippen LogP contribution in [0.15, 0.2) is 23.1 Å². The molecule has 1 amide bonds. The zero-order valence-corrected chi connectivity index (χ0v) is 14.8. The van der Waals surface area contributed by atoms with Gasteiger partial charge in [0.2, 0.25) is 5.91 Å². The number of carboxylic acid groups (broad SMARTS) is 1. The van der Waals surface area contributed by atoms with Gasteiger partial charge in [-0.25, -0.2) is 0 Å². The van der Waals surface area contributed by atoms with Crippen LogP contribution in [-0.2, 0) is 9.59 Å². The number of nitrogens with zero attached hydrogens (tertiary/aromatic N) is 1. The van der Waals surface area contributed by atoms with E-state index in [1.807, 2.05) is 32.0 Å². The van der Waals surface area contributed by atoms with E-state index in [0.717, 1.165) is 20.9 Å². The van der Waals surface area contributed by atoms with Gasteiger partial charge in [-0.2, -0.15) is 13.2 Å². The lowest BCUT2D eigenvalue weighted by Crippen LogP contribution is -2.47. The third kappa shape index (κ3) is 4.11. The van der Waals surface area contributed by atoms with Crippen LogP contribution in [0.4, 0.5) is 13.2 Å². The smallest absolute Gasteiger partial charge is 0.406 e. The van der Waals surface area contributed by atoms with Crippen molar-refractivity contribution >= 4 is 23.6 Å². The molecule has 0 aliphatic carbocycles. The summed E-state index contributed by atoms with van der Waals surface area (Å²) < 4.78 is 39.4. The summed E-state index contributed by atoms with van der Waals surface area (Å²) in [6.45, 7) is 2.99. The Morgan fingerprint density at radius 2 is 1.96 bits per heavy atom. The highest BCUT2D eigenvalue weighted by atomic mass is 32.2. The molecule has 1 N–H and O–H groups in total. The van der Waals surface area contributed by atoms with Crippen molar-refractivity contribution in [2.24, 2.45) is 5.41 Å². The number of rotatable bonds is 5. The predicted octanol–water partition coefficient (Wildman–Crippen LogP) is 3.65. The quantitative estimate of drug-likeness (QED) is 0.798. The number of hydrogen-bond donors (Lipinski definition) is 1. The maximum absolute atomic E-state index is 13.1. The fourth-order valence-corrected chi connectivity index (χ4v) is 3.70. The van der Waals surface area contributed by atoms with Crippen LogP contribution in [0.25, 0.3) is 0 Å². The zero-order valence-electron chi connectivity index (χ0n) is 14.0. The van der Waals surface area contributed by atoms with Gasteiger partial charge in [-0.15, -0.1) is 11.8 Å². The molecule has 1 aromatic carbocycles. The highest BCUT2D eigenvalue weighted by molar-refractivity contribution is 7.99. The second kappa shape index (κ2) is 7.27. The molecule has 0 spiro atoms. The van der Waals surface area contributed by atoms with E-state index in [-0.39, 0.29) is 13.0 Å². The molecule has 0 bridgehead atoms. The normalized spacial score (nSPS) is 20.8. The van der Waals surface area contributed by atoms with Gasteiger partial charge in [-0.3, -0.25) is 9.59 Å². The summed E-state index contributed by atoms with van der Waals surface area (Å²) >= 11 is 1.46. The van der Waals surface area contributed by atoms with E-state index in [9.17, 15) is 22.8 Å². The van der Waals surface area contributed by atoms with Crippen LogP contribution in [0, 0.1) is 19.3 Å². The number of hydrogen-bond acceptors (Lipinski definition) is 3. The highest BCUT2D eigenvalue weighted by Gasteiger charge is 2.64. The number of carboxylic acids is 1. The van der Waals surface area contributed by atoms with Crippen molar-refractivity contribution in [1.29, 1.82) is 0 Å². The van der Waals surface area contributed by atoms with Crippen LogP contribution >= 0.6 is 11.8 Å². The van der Waals surface area contributed by atoms with Gasteiger partial charge in [0.05, 0.1) is 0 Å². The van der Waals surface area contributed by atoms with Crippen LogP contribution in [0.1, 0.15) is 24.0 Å². The summed E-state index contributed by atoms with van der Waals surface area (Å²) in [5.74, 6) is -1.92. The summed E-state index contributed by atoms with van der Waals surface area (Å²) in [5.41, 5.74) is -0.550. The number of halogens is 3. The minimum Gasteiger partial charge on any atom is -0.481 e. The Morgan fingerprint density at radius 3 is 2.48 bits per heavy atom. The second-order valence-electron chi connectivity index (χ2n) is 6.29. The van der Waals surface area contributed by atoms with Gasteiger partial charge in [0.25, 0.3) is 0 Å². The first-order valence-corrected chi connectivity index (χ1v) is 8.83. The van der Waals surface area contributed by atoms with Gasteiger partial charge < -0.3 is 10.0 Å². The lowest BCUT2D eigenvalue weighted by molar-refractivity contribution is -0.227. The Morgan fingerprint density at radius 1 is 1.28 bits per heavy atom. The molecule has 0 saturated carbocycles. The van der Waals surface area contributed by atoms with Crippen molar-refractivity contribution in [3.05, 3.63) is 29.3 Å². The van der Waals surface area contributed by atoms with Crippen molar-refractivity contribution in [2.75, 3.05) is 18.8 Å². The highest BCUT2D eigenvalue weighted by Crippen LogP contribution is 2.45. The van der Waals surface area contributed by atoms with Gasteiger partial charge in [-0.1, -0.05) is 6.07 Å².